The summed E-state index contributed by atoms with van der Waals surface area (Å²) >= 11 is 1.65. The molecule has 5 heteroatoms. The molecule has 2 aliphatic rings. The minimum atomic E-state index is -0.0453. The van der Waals surface area contributed by atoms with E-state index >= 15 is 0 Å². The molecule has 2 amide bonds. The lowest BCUT2D eigenvalue weighted by atomic mass is 9.87. The van der Waals surface area contributed by atoms with E-state index < -0.39 is 0 Å². The number of benzene rings is 2. The number of nitrogens with one attached hydrogen (secondary N) is 1. The average Bonchev–Trinajstić information content (AvgIpc) is 3.15. The van der Waals surface area contributed by atoms with Crippen molar-refractivity contribution in [2.45, 2.75) is 63.7 Å². The molecule has 2 fully saturated rings. The molecular formula is C26H32N2O2S. The van der Waals surface area contributed by atoms with E-state index in [4.69, 9.17) is 0 Å². The number of carbonyl (C=O) groups is 2. The third-order valence-electron chi connectivity index (χ3n) is 6.32. The molecule has 0 radical (unpaired) electrons. The smallest absolute Gasteiger partial charge is 0.238 e. The lowest BCUT2D eigenvalue weighted by Gasteiger charge is -2.26. The van der Waals surface area contributed by atoms with Gasteiger partial charge in [0.25, 0.3) is 0 Å². The molecule has 2 aromatic rings. The van der Waals surface area contributed by atoms with E-state index in [0.717, 1.165) is 42.6 Å². The summed E-state index contributed by atoms with van der Waals surface area (Å²) in [7, 11) is 0. The average molecular weight is 437 g/mol. The van der Waals surface area contributed by atoms with Crippen LogP contribution in [-0.2, 0) is 15.0 Å². The molecule has 4 rings (SSSR count). The van der Waals surface area contributed by atoms with Crippen LogP contribution in [0, 0.1) is 5.92 Å². The van der Waals surface area contributed by atoms with Gasteiger partial charge in [0.1, 0.15) is 5.37 Å². The molecule has 4 nitrogen and oxygen atoms in total. The van der Waals surface area contributed by atoms with Crippen LogP contribution in [0.3, 0.4) is 0 Å². The van der Waals surface area contributed by atoms with Crippen molar-refractivity contribution in [2.24, 2.45) is 5.92 Å². The van der Waals surface area contributed by atoms with Gasteiger partial charge in [-0.15, -0.1) is 11.8 Å². The van der Waals surface area contributed by atoms with Gasteiger partial charge in [-0.1, -0.05) is 64.3 Å². The summed E-state index contributed by atoms with van der Waals surface area (Å²) in [5.41, 5.74) is 4.17. The topological polar surface area (TPSA) is 49.4 Å². The van der Waals surface area contributed by atoms with E-state index in [1.165, 1.54) is 12.0 Å². The van der Waals surface area contributed by atoms with Gasteiger partial charge in [0.15, 0.2) is 0 Å². The van der Waals surface area contributed by atoms with Crippen LogP contribution in [0.15, 0.2) is 48.5 Å². The first-order chi connectivity index (χ1) is 14.8. The zero-order valence-corrected chi connectivity index (χ0v) is 19.5. The van der Waals surface area contributed by atoms with Gasteiger partial charge >= 0.3 is 0 Å². The second-order valence-corrected chi connectivity index (χ2v) is 10.7. The van der Waals surface area contributed by atoms with Gasteiger partial charge in [0, 0.05) is 17.3 Å². The number of nitrogens with zero attached hydrogens (tertiary/aromatic N) is 1. The predicted octanol–water partition coefficient (Wildman–Crippen LogP) is 6.28. The van der Waals surface area contributed by atoms with Crippen LogP contribution in [0.5, 0.6) is 0 Å². The maximum Gasteiger partial charge on any atom is 0.238 e. The fourth-order valence-corrected chi connectivity index (χ4v) is 5.59. The zero-order chi connectivity index (χ0) is 22.0. The first kappa shape index (κ1) is 21.9. The molecule has 1 N–H and O–H groups in total. The Morgan fingerprint density at radius 2 is 1.61 bits per heavy atom. The second-order valence-electron chi connectivity index (χ2n) is 9.67. The van der Waals surface area contributed by atoms with Crippen molar-refractivity contribution >= 4 is 35.0 Å². The molecule has 2 aromatic carbocycles. The van der Waals surface area contributed by atoms with Gasteiger partial charge in [0.2, 0.25) is 11.8 Å². The van der Waals surface area contributed by atoms with Gasteiger partial charge in [0.05, 0.1) is 5.75 Å². The third kappa shape index (κ3) is 4.98. The summed E-state index contributed by atoms with van der Waals surface area (Å²) < 4.78 is 0. The highest BCUT2D eigenvalue weighted by Gasteiger charge is 2.34. The van der Waals surface area contributed by atoms with Gasteiger partial charge in [-0.3, -0.25) is 14.5 Å². The molecule has 1 heterocycles. The number of carbonyl (C=O) groups excluding carboxylic acids is 2. The van der Waals surface area contributed by atoms with Gasteiger partial charge in [-0.25, -0.2) is 0 Å². The SMILES string of the molecule is CC(C)(C)c1ccc(N2C(=O)CS[C@H]2c2ccc(NC(=O)C3CCCCC3)cc2)cc1. The standard InChI is InChI=1S/C26H32N2O2S/c1-26(2,3)20-11-15-22(16-12-20)28-23(29)17-31-25(28)19-9-13-21(14-10-19)27-24(30)18-7-5-4-6-8-18/h9-16,18,25H,4-8,17H2,1-3H3,(H,27,30)/t25-/m0/s1. The minimum Gasteiger partial charge on any atom is -0.326 e. The van der Waals surface area contributed by atoms with E-state index in [2.05, 4.69) is 50.4 Å². The molecule has 1 saturated carbocycles. The molecule has 1 atom stereocenters. The molecule has 0 unspecified atom stereocenters. The van der Waals surface area contributed by atoms with Crippen LogP contribution < -0.4 is 10.2 Å². The van der Waals surface area contributed by atoms with Crippen LogP contribution in [-0.4, -0.2) is 17.6 Å². The Kier molecular flexibility index (Phi) is 6.42. The fraction of sp³-hybridized carbons (Fsp3) is 0.462. The summed E-state index contributed by atoms with van der Waals surface area (Å²) in [6.45, 7) is 6.57. The van der Waals surface area contributed by atoms with Crippen molar-refractivity contribution in [1.29, 1.82) is 0 Å². The van der Waals surface area contributed by atoms with Crippen LogP contribution in [0.2, 0.25) is 0 Å². The highest BCUT2D eigenvalue weighted by Crippen LogP contribution is 2.42. The Labute approximate surface area is 189 Å². The number of hydrogen-bond donors (Lipinski definition) is 1. The normalized spacial score (nSPS) is 20.2. The Morgan fingerprint density at radius 1 is 0.968 bits per heavy atom. The Hall–Kier alpha value is -2.27. The van der Waals surface area contributed by atoms with E-state index in [1.54, 1.807) is 11.8 Å². The fourth-order valence-electron chi connectivity index (χ4n) is 4.41. The van der Waals surface area contributed by atoms with E-state index in [1.807, 2.05) is 29.2 Å². The first-order valence-electron chi connectivity index (χ1n) is 11.3. The van der Waals surface area contributed by atoms with Gasteiger partial charge in [-0.05, 0) is 53.6 Å². The third-order valence-corrected chi connectivity index (χ3v) is 7.53. The summed E-state index contributed by atoms with van der Waals surface area (Å²) in [6.07, 6.45) is 5.53. The van der Waals surface area contributed by atoms with Crippen molar-refractivity contribution in [2.75, 3.05) is 16.0 Å². The summed E-state index contributed by atoms with van der Waals surface area (Å²) in [4.78, 5) is 27.1. The zero-order valence-electron chi connectivity index (χ0n) is 18.7. The molecule has 31 heavy (non-hydrogen) atoms. The predicted molar refractivity (Wildman–Crippen MR) is 129 cm³/mol. The highest BCUT2D eigenvalue weighted by molar-refractivity contribution is 8.00. The quantitative estimate of drug-likeness (QED) is 0.613. The second kappa shape index (κ2) is 9.07. The van der Waals surface area contributed by atoms with Gasteiger partial charge < -0.3 is 5.32 Å². The number of thioether (sulfide) groups is 1. The maximum absolute atomic E-state index is 12.7. The molecular weight excluding hydrogens is 404 g/mol. The van der Waals surface area contributed by atoms with Crippen LogP contribution >= 0.6 is 11.8 Å². The largest absolute Gasteiger partial charge is 0.326 e. The van der Waals surface area contributed by atoms with Crippen molar-refractivity contribution in [3.63, 3.8) is 0 Å². The van der Waals surface area contributed by atoms with Crippen molar-refractivity contribution in [3.8, 4) is 0 Å². The maximum atomic E-state index is 12.7. The summed E-state index contributed by atoms with van der Waals surface area (Å²) in [6, 6.07) is 16.3. The number of amides is 2. The lowest BCUT2D eigenvalue weighted by Crippen LogP contribution is -2.28. The molecule has 1 aliphatic carbocycles. The molecule has 0 spiro atoms. The molecule has 1 aliphatic heterocycles. The number of hydrogen-bond acceptors (Lipinski definition) is 3. The summed E-state index contributed by atoms with van der Waals surface area (Å²) in [5.74, 6) is 0.890. The van der Waals surface area contributed by atoms with E-state index in [9.17, 15) is 9.59 Å². The van der Waals surface area contributed by atoms with Crippen molar-refractivity contribution in [3.05, 3.63) is 59.7 Å². The molecule has 1 saturated heterocycles. The van der Waals surface area contributed by atoms with E-state index in [0.29, 0.717) is 5.75 Å². The molecule has 164 valence electrons. The minimum absolute atomic E-state index is 0.0453. The number of anilines is 2. The Morgan fingerprint density at radius 3 is 2.23 bits per heavy atom. The van der Waals surface area contributed by atoms with Crippen LogP contribution in [0.4, 0.5) is 11.4 Å². The van der Waals surface area contributed by atoms with Crippen molar-refractivity contribution < 1.29 is 9.59 Å². The molecule has 0 aromatic heterocycles. The summed E-state index contributed by atoms with van der Waals surface area (Å²) in [5, 5.41) is 3.03. The van der Waals surface area contributed by atoms with Crippen molar-refractivity contribution in [1.82, 2.24) is 0 Å². The van der Waals surface area contributed by atoms with Gasteiger partial charge in [-0.2, -0.15) is 0 Å². The Bertz CT molecular complexity index is 925. The van der Waals surface area contributed by atoms with Crippen LogP contribution in [0.1, 0.15) is 69.4 Å². The Balaban J connectivity index is 1.47. The first-order valence-corrected chi connectivity index (χ1v) is 12.3. The highest BCUT2D eigenvalue weighted by atomic mass is 32.2. The lowest BCUT2D eigenvalue weighted by molar-refractivity contribution is -0.120. The monoisotopic (exact) mass is 436 g/mol. The molecule has 0 bridgehead atoms. The van der Waals surface area contributed by atoms with E-state index in [-0.39, 0.29) is 28.5 Å². The van der Waals surface area contributed by atoms with Crippen LogP contribution in [0.25, 0.3) is 0 Å². The number of rotatable bonds is 4.